The van der Waals surface area contributed by atoms with Crippen molar-refractivity contribution in [1.29, 1.82) is 0 Å². The molecule has 0 saturated heterocycles. The zero-order valence-electron chi connectivity index (χ0n) is 16.7. The summed E-state index contributed by atoms with van der Waals surface area (Å²) in [5.74, 6) is 5.75. The maximum atomic E-state index is 9.27. The molecule has 0 fully saturated rings. The number of aromatic nitrogens is 1. The van der Waals surface area contributed by atoms with Crippen LogP contribution in [0.15, 0.2) is 35.6 Å². The SMILES string of the molecule is Cc1cc2c(cc1/C(=N/N)c1ccc(B(O)O)cn1)C(C)(C)CCC2(C)C. The van der Waals surface area contributed by atoms with Crippen LogP contribution in [0.5, 0.6) is 0 Å². The summed E-state index contributed by atoms with van der Waals surface area (Å²) in [5.41, 5.74) is 6.58. The molecular weight excluding hydrogens is 337 g/mol. The molecule has 5 nitrogen and oxygen atoms in total. The van der Waals surface area contributed by atoms with Crippen molar-refractivity contribution in [2.45, 2.75) is 58.3 Å². The Morgan fingerprint density at radius 3 is 2.15 bits per heavy atom. The third-order valence-electron chi connectivity index (χ3n) is 5.91. The Bertz CT molecular complexity index is 887. The van der Waals surface area contributed by atoms with Crippen molar-refractivity contribution in [3.8, 4) is 0 Å². The number of nitrogens with zero attached hydrogens (tertiary/aromatic N) is 2. The van der Waals surface area contributed by atoms with Gasteiger partial charge in [-0.05, 0) is 59.4 Å². The molecule has 3 rings (SSSR count). The van der Waals surface area contributed by atoms with E-state index in [9.17, 15) is 10.0 Å². The van der Waals surface area contributed by atoms with Crippen LogP contribution in [-0.4, -0.2) is 27.9 Å². The Balaban J connectivity index is 2.13. The number of fused-ring (bicyclic) bond motifs is 1. The van der Waals surface area contributed by atoms with Crippen LogP contribution in [-0.2, 0) is 10.8 Å². The van der Waals surface area contributed by atoms with Gasteiger partial charge in [-0.25, -0.2) is 0 Å². The van der Waals surface area contributed by atoms with E-state index < -0.39 is 7.12 Å². The van der Waals surface area contributed by atoms with Gasteiger partial charge in [-0.1, -0.05) is 39.8 Å². The Morgan fingerprint density at radius 1 is 1.07 bits per heavy atom. The lowest BCUT2D eigenvalue weighted by molar-refractivity contribution is 0.331. The molecule has 1 aromatic heterocycles. The topological polar surface area (TPSA) is 91.7 Å². The molecule has 0 atom stereocenters. The lowest BCUT2D eigenvalue weighted by atomic mass is 9.62. The van der Waals surface area contributed by atoms with Crippen LogP contribution in [0.3, 0.4) is 0 Å². The van der Waals surface area contributed by atoms with E-state index in [1.165, 1.54) is 17.3 Å². The van der Waals surface area contributed by atoms with Crippen LogP contribution in [0.1, 0.15) is 68.5 Å². The minimum absolute atomic E-state index is 0.0886. The molecule has 142 valence electrons. The van der Waals surface area contributed by atoms with Gasteiger partial charge in [0, 0.05) is 17.2 Å². The summed E-state index contributed by atoms with van der Waals surface area (Å²) in [6.07, 6.45) is 3.73. The second kappa shape index (κ2) is 6.77. The van der Waals surface area contributed by atoms with Gasteiger partial charge in [-0.3, -0.25) is 4.98 Å². The normalized spacial score (nSPS) is 18.1. The first-order valence-electron chi connectivity index (χ1n) is 9.33. The highest BCUT2D eigenvalue weighted by atomic mass is 16.4. The summed E-state index contributed by atoms with van der Waals surface area (Å²) in [7, 11) is -1.54. The summed E-state index contributed by atoms with van der Waals surface area (Å²) < 4.78 is 0. The first-order chi connectivity index (χ1) is 12.6. The fourth-order valence-electron chi connectivity index (χ4n) is 3.95. The molecule has 1 heterocycles. The first-order valence-corrected chi connectivity index (χ1v) is 9.33. The summed E-state index contributed by atoms with van der Waals surface area (Å²) in [5, 5.41) is 22.6. The van der Waals surface area contributed by atoms with E-state index in [-0.39, 0.29) is 10.8 Å². The summed E-state index contributed by atoms with van der Waals surface area (Å²) >= 11 is 0. The van der Waals surface area contributed by atoms with E-state index in [1.54, 1.807) is 12.1 Å². The number of benzene rings is 1. The van der Waals surface area contributed by atoms with Crippen molar-refractivity contribution < 1.29 is 10.0 Å². The maximum absolute atomic E-state index is 9.27. The van der Waals surface area contributed by atoms with Gasteiger partial charge in [0.25, 0.3) is 0 Å². The predicted octanol–water partition coefficient (Wildman–Crippen LogP) is 2.13. The molecule has 0 amide bonds. The lowest BCUT2D eigenvalue weighted by Gasteiger charge is -2.42. The summed E-state index contributed by atoms with van der Waals surface area (Å²) in [6, 6.07) is 7.82. The smallest absolute Gasteiger partial charge is 0.423 e. The molecule has 1 aliphatic rings. The zero-order valence-corrected chi connectivity index (χ0v) is 16.7. The van der Waals surface area contributed by atoms with E-state index in [4.69, 9.17) is 5.84 Å². The predicted molar refractivity (Wildman–Crippen MR) is 110 cm³/mol. The Labute approximate surface area is 161 Å². The Hall–Kier alpha value is -2.18. The van der Waals surface area contributed by atoms with Crippen LogP contribution in [0.25, 0.3) is 0 Å². The molecule has 0 bridgehead atoms. The number of hydrazone groups is 1. The van der Waals surface area contributed by atoms with Gasteiger partial charge in [-0.2, -0.15) is 5.10 Å². The highest BCUT2D eigenvalue weighted by molar-refractivity contribution is 6.58. The molecule has 0 radical (unpaired) electrons. The van der Waals surface area contributed by atoms with E-state index in [0.717, 1.165) is 24.0 Å². The molecule has 0 saturated carbocycles. The Morgan fingerprint density at radius 2 is 1.67 bits per heavy atom. The number of hydrogen-bond acceptors (Lipinski definition) is 5. The lowest BCUT2D eigenvalue weighted by Crippen LogP contribution is -2.34. The molecule has 1 aliphatic carbocycles. The number of rotatable bonds is 3. The van der Waals surface area contributed by atoms with Crippen molar-refractivity contribution in [3.05, 3.63) is 58.4 Å². The summed E-state index contributed by atoms with van der Waals surface area (Å²) in [6.45, 7) is 11.3. The van der Waals surface area contributed by atoms with Crippen molar-refractivity contribution >= 4 is 18.3 Å². The molecular formula is C21H28BN3O2. The second-order valence-corrected chi connectivity index (χ2v) is 8.81. The fraction of sp³-hybridized carbons (Fsp3) is 0.429. The third-order valence-corrected chi connectivity index (χ3v) is 5.91. The van der Waals surface area contributed by atoms with Crippen LogP contribution in [0.2, 0.25) is 0 Å². The molecule has 4 N–H and O–H groups in total. The van der Waals surface area contributed by atoms with Gasteiger partial charge in [-0.15, -0.1) is 0 Å². The molecule has 27 heavy (non-hydrogen) atoms. The average molecular weight is 365 g/mol. The molecule has 0 spiro atoms. The average Bonchev–Trinajstić information content (AvgIpc) is 2.61. The molecule has 6 heteroatoms. The van der Waals surface area contributed by atoms with Crippen LogP contribution >= 0.6 is 0 Å². The quantitative estimate of drug-likeness (QED) is 0.336. The molecule has 0 unspecified atom stereocenters. The number of nitrogens with two attached hydrogens (primary N) is 1. The van der Waals surface area contributed by atoms with Crippen molar-refractivity contribution in [2.24, 2.45) is 10.9 Å². The minimum atomic E-state index is -1.54. The van der Waals surface area contributed by atoms with Crippen LogP contribution < -0.4 is 11.3 Å². The minimum Gasteiger partial charge on any atom is -0.423 e. The number of pyridine rings is 1. The zero-order chi connectivity index (χ0) is 20.0. The van der Waals surface area contributed by atoms with Gasteiger partial charge in [0.15, 0.2) is 0 Å². The van der Waals surface area contributed by atoms with Crippen molar-refractivity contribution in [3.63, 3.8) is 0 Å². The largest absolute Gasteiger partial charge is 0.490 e. The summed E-state index contributed by atoms with van der Waals surface area (Å²) in [4.78, 5) is 4.33. The molecule has 0 aliphatic heterocycles. The third kappa shape index (κ3) is 3.51. The molecule has 1 aromatic carbocycles. The van der Waals surface area contributed by atoms with Gasteiger partial charge < -0.3 is 15.9 Å². The standard InChI is InChI=1S/C21H28BN3O2/c1-13-10-16-17(21(4,5)9-8-20(16,2)3)11-15(13)19(25-23)18-7-6-14(12-24-18)22(26)27/h6-7,10-12,26-27H,8-9,23H2,1-5H3/b25-19-. The van der Waals surface area contributed by atoms with Gasteiger partial charge in [0.2, 0.25) is 0 Å². The van der Waals surface area contributed by atoms with E-state index in [0.29, 0.717) is 16.9 Å². The van der Waals surface area contributed by atoms with Gasteiger partial charge >= 0.3 is 7.12 Å². The number of aryl methyl sites for hydroxylation is 1. The van der Waals surface area contributed by atoms with Crippen molar-refractivity contribution in [2.75, 3.05) is 0 Å². The van der Waals surface area contributed by atoms with Gasteiger partial charge in [0.05, 0.1) is 5.69 Å². The monoisotopic (exact) mass is 365 g/mol. The maximum Gasteiger partial charge on any atom is 0.490 e. The number of hydrogen-bond donors (Lipinski definition) is 3. The van der Waals surface area contributed by atoms with E-state index in [2.05, 4.69) is 56.8 Å². The second-order valence-electron chi connectivity index (χ2n) is 8.81. The van der Waals surface area contributed by atoms with E-state index >= 15 is 0 Å². The van der Waals surface area contributed by atoms with Crippen LogP contribution in [0.4, 0.5) is 0 Å². The van der Waals surface area contributed by atoms with Crippen molar-refractivity contribution in [1.82, 2.24) is 4.98 Å². The van der Waals surface area contributed by atoms with Gasteiger partial charge in [0.1, 0.15) is 5.71 Å². The molecule has 2 aromatic rings. The van der Waals surface area contributed by atoms with E-state index in [1.807, 2.05) is 0 Å². The highest BCUT2D eigenvalue weighted by Crippen LogP contribution is 2.46. The highest BCUT2D eigenvalue weighted by Gasteiger charge is 2.37. The van der Waals surface area contributed by atoms with Crippen LogP contribution in [0, 0.1) is 6.92 Å². The Kier molecular flexibility index (Phi) is 4.91. The first kappa shape index (κ1) is 19.6. The fourth-order valence-corrected chi connectivity index (χ4v) is 3.95.